The van der Waals surface area contributed by atoms with E-state index in [0.29, 0.717) is 5.75 Å². The zero-order chi connectivity index (χ0) is 13.8. The van der Waals surface area contributed by atoms with Gasteiger partial charge in [-0.25, -0.2) is 8.42 Å². The standard InChI is InChI=1S/C12H16O5S/c1-3-18(15,16)11(8-13)12(14)9-4-6-10(17-2)7-5-9/h4-7,11,13H,3,8H2,1-2H3. The highest BCUT2D eigenvalue weighted by Gasteiger charge is 2.31. The third-order valence-electron chi connectivity index (χ3n) is 2.67. The van der Waals surface area contributed by atoms with E-state index in [2.05, 4.69) is 0 Å². The van der Waals surface area contributed by atoms with Gasteiger partial charge in [0, 0.05) is 11.3 Å². The van der Waals surface area contributed by atoms with Gasteiger partial charge in [0.1, 0.15) is 11.0 Å². The van der Waals surface area contributed by atoms with Gasteiger partial charge in [0.2, 0.25) is 0 Å². The van der Waals surface area contributed by atoms with Gasteiger partial charge in [0.25, 0.3) is 0 Å². The number of carbonyl (C=O) groups excluding carboxylic acids is 1. The molecule has 0 aliphatic rings. The fourth-order valence-electron chi connectivity index (χ4n) is 1.50. The number of carbonyl (C=O) groups is 1. The summed E-state index contributed by atoms with van der Waals surface area (Å²) in [6, 6.07) is 6.10. The van der Waals surface area contributed by atoms with Gasteiger partial charge in [0.15, 0.2) is 15.6 Å². The number of aliphatic hydroxyl groups is 1. The van der Waals surface area contributed by atoms with Gasteiger partial charge >= 0.3 is 0 Å². The van der Waals surface area contributed by atoms with E-state index in [1.165, 1.54) is 26.2 Å². The largest absolute Gasteiger partial charge is 0.497 e. The number of Topliss-reactive ketones (excluding diaryl/α,β-unsaturated/α-hetero) is 1. The summed E-state index contributed by atoms with van der Waals surface area (Å²) in [4.78, 5) is 12.0. The lowest BCUT2D eigenvalue weighted by molar-refractivity contribution is 0.0961. The molecule has 1 aromatic rings. The highest BCUT2D eigenvalue weighted by molar-refractivity contribution is 7.92. The minimum Gasteiger partial charge on any atom is -0.497 e. The van der Waals surface area contributed by atoms with E-state index in [9.17, 15) is 13.2 Å². The maximum atomic E-state index is 12.0. The van der Waals surface area contributed by atoms with E-state index in [1.807, 2.05) is 0 Å². The number of benzene rings is 1. The monoisotopic (exact) mass is 272 g/mol. The van der Waals surface area contributed by atoms with E-state index in [0.717, 1.165) is 0 Å². The van der Waals surface area contributed by atoms with Gasteiger partial charge in [-0.15, -0.1) is 0 Å². The summed E-state index contributed by atoms with van der Waals surface area (Å²) in [5.74, 6) is -0.201. The van der Waals surface area contributed by atoms with Gasteiger partial charge in [0.05, 0.1) is 13.7 Å². The molecule has 0 radical (unpaired) electrons. The van der Waals surface area contributed by atoms with Crippen LogP contribution in [0.15, 0.2) is 24.3 Å². The Labute approximate surface area is 106 Å². The maximum absolute atomic E-state index is 12.0. The van der Waals surface area contributed by atoms with Crippen LogP contribution in [0.25, 0.3) is 0 Å². The Hall–Kier alpha value is -1.40. The molecule has 0 aliphatic carbocycles. The molecule has 0 fully saturated rings. The summed E-state index contributed by atoms with van der Waals surface area (Å²) in [5, 5.41) is 7.71. The zero-order valence-corrected chi connectivity index (χ0v) is 11.1. The van der Waals surface area contributed by atoms with Crippen molar-refractivity contribution in [2.45, 2.75) is 12.2 Å². The molecular weight excluding hydrogens is 256 g/mol. The Morgan fingerprint density at radius 3 is 2.28 bits per heavy atom. The number of hydrogen-bond acceptors (Lipinski definition) is 5. The van der Waals surface area contributed by atoms with E-state index in [-0.39, 0.29) is 11.3 Å². The molecule has 0 aromatic heterocycles. The van der Waals surface area contributed by atoms with Crippen LogP contribution in [0.1, 0.15) is 17.3 Å². The van der Waals surface area contributed by atoms with Crippen molar-refractivity contribution in [1.82, 2.24) is 0 Å². The van der Waals surface area contributed by atoms with Crippen LogP contribution in [-0.2, 0) is 9.84 Å². The number of hydrogen-bond donors (Lipinski definition) is 1. The number of ketones is 1. The minimum absolute atomic E-state index is 0.180. The number of rotatable bonds is 6. The van der Waals surface area contributed by atoms with Crippen molar-refractivity contribution in [3.63, 3.8) is 0 Å². The van der Waals surface area contributed by atoms with Crippen molar-refractivity contribution in [3.8, 4) is 5.75 Å². The third kappa shape index (κ3) is 3.08. The van der Waals surface area contributed by atoms with Gasteiger partial charge in [-0.05, 0) is 24.3 Å². The van der Waals surface area contributed by atoms with E-state index in [4.69, 9.17) is 9.84 Å². The Balaban J connectivity index is 3.04. The van der Waals surface area contributed by atoms with Crippen molar-refractivity contribution in [3.05, 3.63) is 29.8 Å². The Kier molecular flexibility index (Phi) is 4.86. The number of sulfone groups is 1. The topological polar surface area (TPSA) is 80.7 Å². The van der Waals surface area contributed by atoms with Crippen LogP contribution in [0.2, 0.25) is 0 Å². The van der Waals surface area contributed by atoms with Crippen LogP contribution < -0.4 is 4.74 Å². The quantitative estimate of drug-likeness (QED) is 0.770. The first kappa shape index (κ1) is 14.7. The van der Waals surface area contributed by atoms with E-state index in [1.54, 1.807) is 12.1 Å². The van der Waals surface area contributed by atoms with Crippen LogP contribution in [0.4, 0.5) is 0 Å². The molecule has 1 N–H and O–H groups in total. The van der Waals surface area contributed by atoms with Crippen molar-refractivity contribution >= 4 is 15.6 Å². The summed E-state index contributed by atoms with van der Waals surface area (Å²) in [7, 11) is -2.11. The van der Waals surface area contributed by atoms with E-state index >= 15 is 0 Å². The molecule has 1 aromatic carbocycles. The van der Waals surface area contributed by atoms with Gasteiger partial charge < -0.3 is 9.84 Å². The fraction of sp³-hybridized carbons (Fsp3) is 0.417. The summed E-state index contributed by atoms with van der Waals surface area (Å²) >= 11 is 0. The summed E-state index contributed by atoms with van der Waals surface area (Å²) in [6.07, 6.45) is 0. The zero-order valence-electron chi connectivity index (χ0n) is 10.3. The van der Waals surface area contributed by atoms with Crippen LogP contribution >= 0.6 is 0 Å². The molecule has 100 valence electrons. The Bertz CT molecular complexity index is 504. The summed E-state index contributed by atoms with van der Waals surface area (Å²) < 4.78 is 28.3. The predicted molar refractivity (Wildman–Crippen MR) is 67.7 cm³/mol. The Morgan fingerprint density at radius 1 is 1.33 bits per heavy atom. The molecule has 0 spiro atoms. The lowest BCUT2D eigenvalue weighted by Crippen LogP contribution is -2.35. The number of aliphatic hydroxyl groups excluding tert-OH is 1. The average Bonchev–Trinajstić information content (AvgIpc) is 2.39. The second-order valence-corrected chi connectivity index (χ2v) is 6.19. The van der Waals surface area contributed by atoms with E-state index < -0.39 is 27.5 Å². The molecule has 0 heterocycles. The molecule has 0 aliphatic heterocycles. The molecular formula is C12H16O5S. The normalized spacial score (nSPS) is 13.1. The average molecular weight is 272 g/mol. The number of ether oxygens (including phenoxy) is 1. The molecule has 1 rings (SSSR count). The smallest absolute Gasteiger partial charge is 0.183 e. The van der Waals surface area contributed by atoms with Crippen molar-refractivity contribution in [2.24, 2.45) is 0 Å². The molecule has 0 bridgehead atoms. The first-order valence-electron chi connectivity index (χ1n) is 5.47. The molecule has 1 unspecified atom stereocenters. The molecule has 6 heteroatoms. The Morgan fingerprint density at radius 2 is 1.89 bits per heavy atom. The molecule has 0 saturated heterocycles. The fourth-order valence-corrected chi connectivity index (χ4v) is 2.59. The van der Waals surface area contributed by atoms with Crippen molar-refractivity contribution in [2.75, 3.05) is 19.5 Å². The third-order valence-corrected chi connectivity index (χ3v) is 4.70. The lowest BCUT2D eigenvalue weighted by Gasteiger charge is -2.13. The van der Waals surface area contributed by atoms with Gasteiger partial charge in [-0.2, -0.15) is 0 Å². The van der Waals surface area contributed by atoms with Crippen molar-refractivity contribution < 1.29 is 23.1 Å². The second-order valence-electron chi connectivity index (χ2n) is 3.72. The maximum Gasteiger partial charge on any atom is 0.183 e. The summed E-state index contributed by atoms with van der Waals surface area (Å²) in [5.41, 5.74) is 0.242. The molecule has 5 nitrogen and oxygen atoms in total. The van der Waals surface area contributed by atoms with Crippen LogP contribution in [0.5, 0.6) is 5.75 Å². The first-order valence-corrected chi connectivity index (χ1v) is 7.18. The van der Waals surface area contributed by atoms with Gasteiger partial charge in [-0.3, -0.25) is 4.79 Å². The first-order chi connectivity index (χ1) is 8.46. The molecule has 0 amide bonds. The van der Waals surface area contributed by atoms with Crippen LogP contribution in [0.3, 0.4) is 0 Å². The molecule has 18 heavy (non-hydrogen) atoms. The molecule has 1 atom stereocenters. The SMILES string of the molecule is CCS(=O)(=O)C(CO)C(=O)c1ccc(OC)cc1. The van der Waals surface area contributed by atoms with Crippen LogP contribution in [0, 0.1) is 0 Å². The molecule has 0 saturated carbocycles. The second kappa shape index (κ2) is 5.97. The lowest BCUT2D eigenvalue weighted by atomic mass is 10.1. The minimum atomic E-state index is -3.60. The van der Waals surface area contributed by atoms with Gasteiger partial charge in [-0.1, -0.05) is 6.92 Å². The highest BCUT2D eigenvalue weighted by atomic mass is 32.2. The van der Waals surface area contributed by atoms with Crippen molar-refractivity contribution in [1.29, 1.82) is 0 Å². The predicted octanol–water partition coefficient (Wildman–Crippen LogP) is 0.674. The summed E-state index contributed by atoms with van der Waals surface area (Å²) in [6.45, 7) is 0.736. The van der Waals surface area contributed by atoms with Crippen LogP contribution in [-0.4, -0.2) is 44.0 Å². The highest BCUT2D eigenvalue weighted by Crippen LogP contribution is 2.15. The number of methoxy groups -OCH3 is 1.